The number of imide groups is 1. The number of fused-ring (bicyclic) bond motifs is 1. The lowest BCUT2D eigenvalue weighted by atomic mass is 9.95. The number of rotatable bonds is 9. The SMILES string of the molecule is CCN1CCN(C(=O)NC(C(=O)N[C@@H](C(=O)N[C@@H]2C(=O)N3C(C(=O)O)C(C)(C)S[C@H]23)c2ccccc2)c2ccccc2)C(=O)C1=O. The Kier molecular flexibility index (Phi) is 9.06. The molecular weight excluding hydrogens is 616 g/mol. The minimum absolute atomic E-state index is 0.0619. The molecule has 0 bridgehead atoms. The second kappa shape index (κ2) is 12.8. The van der Waals surface area contributed by atoms with Crippen LogP contribution in [0.5, 0.6) is 0 Å². The van der Waals surface area contributed by atoms with Gasteiger partial charge < -0.3 is 30.9 Å². The van der Waals surface area contributed by atoms with Gasteiger partial charge in [0.15, 0.2) is 0 Å². The fraction of sp³-hybridized carbons (Fsp3) is 0.387. The maximum Gasteiger partial charge on any atom is 0.327 e. The number of benzene rings is 2. The molecule has 5 atom stereocenters. The molecule has 3 fully saturated rings. The molecule has 3 aliphatic rings. The van der Waals surface area contributed by atoms with Crippen molar-refractivity contribution in [2.45, 2.75) is 55.1 Å². The molecule has 3 heterocycles. The molecule has 46 heavy (non-hydrogen) atoms. The number of hydrogen-bond acceptors (Lipinski definition) is 8. The summed E-state index contributed by atoms with van der Waals surface area (Å²) in [5.74, 6) is -5.04. The van der Waals surface area contributed by atoms with Gasteiger partial charge in [-0.2, -0.15) is 0 Å². The van der Waals surface area contributed by atoms with Gasteiger partial charge >= 0.3 is 23.8 Å². The zero-order chi connectivity index (χ0) is 33.3. The average Bonchev–Trinajstić information content (AvgIpc) is 3.30. The third kappa shape index (κ3) is 6.01. The third-order valence-corrected chi connectivity index (χ3v) is 9.82. The van der Waals surface area contributed by atoms with Crippen LogP contribution < -0.4 is 16.0 Å². The molecule has 7 amide bonds. The lowest BCUT2D eigenvalue weighted by molar-refractivity contribution is -0.161. The Balaban J connectivity index is 1.37. The minimum atomic E-state index is -1.37. The molecule has 15 heteroatoms. The Labute approximate surface area is 268 Å². The number of hydrogen-bond donors (Lipinski definition) is 4. The number of carboxylic acid groups (broad SMARTS) is 1. The van der Waals surface area contributed by atoms with Gasteiger partial charge in [-0.05, 0) is 31.9 Å². The van der Waals surface area contributed by atoms with Gasteiger partial charge in [0.05, 0.1) is 0 Å². The van der Waals surface area contributed by atoms with E-state index in [1.54, 1.807) is 81.4 Å². The molecule has 0 saturated carbocycles. The lowest BCUT2D eigenvalue weighted by Gasteiger charge is -2.44. The summed E-state index contributed by atoms with van der Waals surface area (Å²) in [5.41, 5.74) is 0.732. The van der Waals surface area contributed by atoms with E-state index in [0.717, 1.165) is 4.90 Å². The molecule has 3 saturated heterocycles. The number of amides is 7. The van der Waals surface area contributed by atoms with Crippen LogP contribution in [-0.4, -0.2) is 103 Å². The standard InChI is InChI=1S/C31H34N6O8S/c1-4-35-15-16-36(27(42)26(35)41)30(45)34-20(18-13-9-6-10-14-18)24(39)32-19(17-11-7-5-8-12-17)23(38)33-21-25(40)37-22(29(43)44)31(2,3)46-28(21)37/h5-14,19-22,28H,4,15-16H2,1-3H3,(H,32,39)(H,33,38)(H,34,45)(H,43,44)/t19-,20?,21-,22?,28-/m1/s1. The second-order valence-corrected chi connectivity index (χ2v) is 13.3. The van der Waals surface area contributed by atoms with Crippen LogP contribution in [0.2, 0.25) is 0 Å². The quantitative estimate of drug-likeness (QED) is 0.223. The molecule has 14 nitrogen and oxygen atoms in total. The molecule has 242 valence electrons. The maximum absolute atomic E-state index is 13.9. The van der Waals surface area contributed by atoms with Crippen molar-refractivity contribution in [1.82, 2.24) is 30.7 Å². The highest BCUT2D eigenvalue weighted by Gasteiger charge is 2.64. The van der Waals surface area contributed by atoms with E-state index in [1.807, 2.05) is 0 Å². The van der Waals surface area contributed by atoms with E-state index in [9.17, 15) is 38.7 Å². The van der Waals surface area contributed by atoms with Gasteiger partial charge in [0.1, 0.15) is 29.5 Å². The molecule has 0 aliphatic carbocycles. The first kappa shape index (κ1) is 32.5. The molecule has 4 N–H and O–H groups in total. The van der Waals surface area contributed by atoms with Gasteiger partial charge in [0, 0.05) is 24.4 Å². The first-order valence-corrected chi connectivity index (χ1v) is 15.6. The number of urea groups is 1. The Morgan fingerprint density at radius 3 is 1.98 bits per heavy atom. The van der Waals surface area contributed by atoms with Crippen LogP contribution in [0.1, 0.15) is 44.0 Å². The molecule has 0 spiro atoms. The molecule has 2 aromatic rings. The third-order valence-electron chi connectivity index (χ3n) is 8.25. The smallest absolute Gasteiger partial charge is 0.327 e. The Morgan fingerprint density at radius 2 is 1.43 bits per heavy atom. The largest absolute Gasteiger partial charge is 0.480 e. The van der Waals surface area contributed by atoms with Crippen molar-refractivity contribution in [2.75, 3.05) is 19.6 Å². The zero-order valence-corrected chi connectivity index (χ0v) is 26.2. The van der Waals surface area contributed by atoms with Crippen LogP contribution in [0.25, 0.3) is 0 Å². The highest BCUT2D eigenvalue weighted by molar-refractivity contribution is 8.01. The number of nitrogens with one attached hydrogen (secondary N) is 3. The first-order valence-electron chi connectivity index (χ1n) is 14.7. The van der Waals surface area contributed by atoms with Crippen LogP contribution in [0.15, 0.2) is 60.7 Å². The number of likely N-dealkylation sites (N-methyl/N-ethyl adjacent to an activating group) is 1. The van der Waals surface area contributed by atoms with Crippen LogP contribution in [0.4, 0.5) is 4.79 Å². The number of β-lactam (4-membered cyclic amide) rings is 1. The number of carbonyl (C=O) groups excluding carboxylic acids is 6. The van der Waals surface area contributed by atoms with Crippen LogP contribution >= 0.6 is 11.8 Å². The summed E-state index contributed by atoms with van der Waals surface area (Å²) < 4.78 is -0.797. The van der Waals surface area contributed by atoms with Gasteiger partial charge in [-0.1, -0.05) is 60.7 Å². The highest BCUT2D eigenvalue weighted by Crippen LogP contribution is 2.50. The fourth-order valence-electron chi connectivity index (χ4n) is 5.87. The van der Waals surface area contributed by atoms with Gasteiger partial charge in [-0.15, -0.1) is 11.8 Å². The van der Waals surface area contributed by atoms with Crippen LogP contribution in [-0.2, 0) is 28.8 Å². The van der Waals surface area contributed by atoms with Crippen molar-refractivity contribution >= 4 is 53.3 Å². The summed E-state index contributed by atoms with van der Waals surface area (Å²) >= 11 is 1.27. The fourth-order valence-corrected chi connectivity index (χ4v) is 7.50. The maximum atomic E-state index is 13.9. The molecule has 0 aromatic heterocycles. The van der Waals surface area contributed by atoms with E-state index < -0.39 is 75.8 Å². The predicted molar refractivity (Wildman–Crippen MR) is 165 cm³/mol. The Bertz CT molecular complexity index is 1570. The van der Waals surface area contributed by atoms with Gasteiger partial charge in [-0.3, -0.25) is 28.9 Å². The number of piperazine rings is 1. The molecule has 2 unspecified atom stereocenters. The van der Waals surface area contributed by atoms with Gasteiger partial charge in [0.25, 0.3) is 0 Å². The van der Waals surface area contributed by atoms with E-state index in [2.05, 4.69) is 16.0 Å². The molecule has 2 aromatic carbocycles. The van der Waals surface area contributed by atoms with Crippen LogP contribution in [0.3, 0.4) is 0 Å². The summed E-state index contributed by atoms with van der Waals surface area (Å²) in [6.45, 7) is 5.55. The normalized spacial score (nSPS) is 23.2. The molecule has 3 aliphatic heterocycles. The monoisotopic (exact) mass is 650 g/mol. The summed E-state index contributed by atoms with van der Waals surface area (Å²) in [7, 11) is 0. The highest BCUT2D eigenvalue weighted by atomic mass is 32.2. The molecule has 0 radical (unpaired) electrons. The number of nitrogens with zero attached hydrogens (tertiary/aromatic N) is 3. The molecular formula is C31H34N6O8S. The van der Waals surface area contributed by atoms with Gasteiger partial charge in [-0.25, -0.2) is 9.59 Å². The number of thioether (sulfide) groups is 1. The van der Waals surface area contributed by atoms with E-state index in [-0.39, 0.29) is 13.1 Å². The Hall–Kier alpha value is -4.92. The summed E-state index contributed by atoms with van der Waals surface area (Å²) in [4.78, 5) is 94.3. The number of aliphatic carboxylic acids is 1. The summed E-state index contributed by atoms with van der Waals surface area (Å²) in [6.07, 6.45) is 0. The summed E-state index contributed by atoms with van der Waals surface area (Å²) in [5, 5.41) is 17.0. The Morgan fingerprint density at radius 1 is 0.870 bits per heavy atom. The van der Waals surface area contributed by atoms with E-state index in [1.165, 1.54) is 21.6 Å². The predicted octanol–water partition coefficient (Wildman–Crippen LogP) is 0.617. The van der Waals surface area contributed by atoms with Crippen molar-refractivity contribution < 1.29 is 38.7 Å². The number of carboxylic acids is 1. The lowest BCUT2D eigenvalue weighted by Crippen LogP contribution is -2.71. The van der Waals surface area contributed by atoms with Crippen molar-refractivity contribution in [1.29, 1.82) is 0 Å². The van der Waals surface area contributed by atoms with E-state index >= 15 is 0 Å². The first-order chi connectivity index (χ1) is 21.9. The van der Waals surface area contributed by atoms with Crippen molar-refractivity contribution in [3.05, 3.63) is 71.8 Å². The zero-order valence-electron chi connectivity index (χ0n) is 25.3. The van der Waals surface area contributed by atoms with Crippen molar-refractivity contribution in [3.63, 3.8) is 0 Å². The van der Waals surface area contributed by atoms with Gasteiger partial charge in [0.2, 0.25) is 17.7 Å². The minimum Gasteiger partial charge on any atom is -0.480 e. The van der Waals surface area contributed by atoms with E-state index in [0.29, 0.717) is 17.7 Å². The van der Waals surface area contributed by atoms with Crippen molar-refractivity contribution in [2.24, 2.45) is 0 Å². The molecule has 5 rings (SSSR count). The topological polar surface area (TPSA) is 186 Å². The summed E-state index contributed by atoms with van der Waals surface area (Å²) in [6, 6.07) is 10.8. The average molecular weight is 651 g/mol. The van der Waals surface area contributed by atoms with E-state index in [4.69, 9.17) is 0 Å². The van der Waals surface area contributed by atoms with Crippen LogP contribution in [0, 0.1) is 0 Å². The van der Waals surface area contributed by atoms with Crippen molar-refractivity contribution in [3.8, 4) is 0 Å². The number of carbonyl (C=O) groups is 7. The second-order valence-electron chi connectivity index (χ2n) is 11.6.